The average Bonchev–Trinajstić information content (AvgIpc) is 2.84. The lowest BCUT2D eigenvalue weighted by molar-refractivity contribution is -0.140. The number of rotatable bonds is 11. The van der Waals surface area contributed by atoms with Crippen molar-refractivity contribution >= 4 is 41.6 Å². The quantitative estimate of drug-likeness (QED) is 0.239. The fourth-order valence-corrected chi connectivity index (χ4v) is 3.32. The van der Waals surface area contributed by atoms with Gasteiger partial charge in [0.1, 0.15) is 13.2 Å². The lowest BCUT2D eigenvalue weighted by Gasteiger charge is -2.17. The third-order valence-electron chi connectivity index (χ3n) is 4.83. The Kier molecular flexibility index (Phi) is 11.1. The highest BCUT2D eigenvalue weighted by Crippen LogP contribution is 2.36. The van der Waals surface area contributed by atoms with Crippen molar-refractivity contribution in [2.45, 2.75) is 27.7 Å². The molecule has 10 nitrogen and oxygen atoms in total. The first kappa shape index (κ1) is 29.6. The van der Waals surface area contributed by atoms with Gasteiger partial charge in [-0.25, -0.2) is 0 Å². The molecule has 0 fully saturated rings. The van der Waals surface area contributed by atoms with Crippen LogP contribution in [0.5, 0.6) is 23.0 Å². The van der Waals surface area contributed by atoms with E-state index in [1.807, 2.05) is 0 Å². The van der Waals surface area contributed by atoms with Gasteiger partial charge in [-0.15, -0.1) is 0 Å². The van der Waals surface area contributed by atoms with E-state index in [1.54, 1.807) is 48.6 Å². The summed E-state index contributed by atoms with van der Waals surface area (Å²) in [6.07, 6.45) is 5.05. The molecule has 0 saturated carbocycles. The summed E-state index contributed by atoms with van der Waals surface area (Å²) in [5, 5.41) is 0. The van der Waals surface area contributed by atoms with Crippen molar-refractivity contribution in [2.75, 3.05) is 27.4 Å². The van der Waals surface area contributed by atoms with E-state index >= 15 is 0 Å². The van der Waals surface area contributed by atoms with Gasteiger partial charge in [-0.05, 0) is 58.7 Å². The Morgan fingerprint density at radius 2 is 1.32 bits per heavy atom. The third kappa shape index (κ3) is 9.12. The maximum atomic E-state index is 11.7. The number of ether oxygens (including phenoxy) is 6. The molecule has 0 bridgehead atoms. The molecule has 0 aliphatic carbocycles. The van der Waals surface area contributed by atoms with Crippen LogP contribution in [0.15, 0.2) is 36.4 Å². The van der Waals surface area contributed by atoms with E-state index in [0.29, 0.717) is 28.0 Å². The van der Waals surface area contributed by atoms with Crippen LogP contribution in [-0.2, 0) is 28.7 Å². The summed E-state index contributed by atoms with van der Waals surface area (Å²) in [5.74, 6) is -0.945. The minimum atomic E-state index is -0.540. The molecule has 0 heterocycles. The van der Waals surface area contributed by atoms with Gasteiger partial charge in [-0.3, -0.25) is 19.2 Å². The highest BCUT2D eigenvalue weighted by Gasteiger charge is 2.17. The Balaban J connectivity index is 2.70. The molecule has 0 atom stereocenters. The van der Waals surface area contributed by atoms with Crippen molar-refractivity contribution < 1.29 is 47.6 Å². The number of methoxy groups -OCH3 is 2. The maximum absolute atomic E-state index is 11.7. The lowest BCUT2D eigenvalue weighted by Crippen LogP contribution is -2.07. The lowest BCUT2D eigenvalue weighted by atomic mass is 9.96. The second kappa shape index (κ2) is 14.2. The molecular formula is C28H30O10. The number of carbonyl (C=O) groups excluding carboxylic acids is 4. The highest BCUT2D eigenvalue weighted by molar-refractivity contribution is 5.88. The van der Waals surface area contributed by atoms with E-state index in [4.69, 9.17) is 28.4 Å². The number of benzene rings is 2. The summed E-state index contributed by atoms with van der Waals surface area (Å²) < 4.78 is 31.6. The van der Waals surface area contributed by atoms with Crippen molar-refractivity contribution in [2.24, 2.45) is 0 Å². The molecule has 0 aliphatic rings. The zero-order chi connectivity index (χ0) is 28.2. The first-order chi connectivity index (χ1) is 18.0. The summed E-state index contributed by atoms with van der Waals surface area (Å²) in [6.45, 7) is 5.05. The van der Waals surface area contributed by atoms with Crippen LogP contribution in [0.2, 0.25) is 0 Å². The maximum Gasteiger partial charge on any atom is 0.308 e. The molecule has 0 unspecified atom stereocenters. The molecule has 10 heteroatoms. The molecular weight excluding hydrogens is 496 g/mol. The Morgan fingerprint density at radius 1 is 0.711 bits per heavy atom. The Labute approximate surface area is 220 Å². The summed E-state index contributed by atoms with van der Waals surface area (Å²) in [6, 6.07) is 8.18. The van der Waals surface area contributed by atoms with Crippen molar-refractivity contribution in [3.63, 3.8) is 0 Å². The van der Waals surface area contributed by atoms with Gasteiger partial charge in [0.05, 0.1) is 14.2 Å². The summed E-state index contributed by atoms with van der Waals surface area (Å²) in [4.78, 5) is 45.9. The molecule has 0 aliphatic heterocycles. The highest BCUT2D eigenvalue weighted by atomic mass is 16.6. The standard InChI is InChI=1S/C28H30O10/c1-17(29)35-11-7-8-22-14-28(38-20(4)32)27(34-6)15-24(22)23(16-36-18(2)30)12-21-9-10-25(37-19(3)31)26(13-21)33-5/h7-10,12-15H,11,16H2,1-6H3/b8-7+,23-12+. The second-order valence-electron chi connectivity index (χ2n) is 7.84. The van der Waals surface area contributed by atoms with Gasteiger partial charge in [-0.2, -0.15) is 0 Å². The van der Waals surface area contributed by atoms with E-state index in [0.717, 1.165) is 0 Å². The van der Waals surface area contributed by atoms with Gasteiger partial charge < -0.3 is 28.4 Å². The van der Waals surface area contributed by atoms with E-state index < -0.39 is 23.9 Å². The molecule has 0 N–H and O–H groups in total. The van der Waals surface area contributed by atoms with Crippen molar-refractivity contribution in [1.29, 1.82) is 0 Å². The van der Waals surface area contributed by atoms with Crippen LogP contribution in [0.3, 0.4) is 0 Å². The topological polar surface area (TPSA) is 124 Å². The van der Waals surface area contributed by atoms with E-state index in [1.165, 1.54) is 41.9 Å². The zero-order valence-electron chi connectivity index (χ0n) is 22.1. The molecule has 2 aromatic rings. The van der Waals surface area contributed by atoms with E-state index in [9.17, 15) is 19.2 Å². The number of esters is 4. The SMILES string of the molecule is COc1cc(/C=C(\COC(C)=O)c2cc(OC)c(OC(C)=O)cc2/C=C/COC(C)=O)ccc1OC(C)=O. The third-order valence-corrected chi connectivity index (χ3v) is 4.83. The molecule has 0 saturated heterocycles. The van der Waals surface area contributed by atoms with Crippen molar-refractivity contribution in [3.05, 3.63) is 53.1 Å². The Hall–Kier alpha value is -4.60. The van der Waals surface area contributed by atoms with Gasteiger partial charge in [-0.1, -0.05) is 12.1 Å². The van der Waals surface area contributed by atoms with Crippen LogP contribution in [-0.4, -0.2) is 51.3 Å². The number of hydrogen-bond acceptors (Lipinski definition) is 10. The minimum absolute atomic E-state index is 0.0154. The van der Waals surface area contributed by atoms with Crippen LogP contribution in [0.25, 0.3) is 17.7 Å². The van der Waals surface area contributed by atoms with Crippen molar-refractivity contribution in [3.8, 4) is 23.0 Å². The van der Waals surface area contributed by atoms with Gasteiger partial charge in [0.15, 0.2) is 23.0 Å². The van der Waals surface area contributed by atoms with E-state index in [2.05, 4.69) is 0 Å². The van der Waals surface area contributed by atoms with E-state index in [-0.39, 0.29) is 30.5 Å². The van der Waals surface area contributed by atoms with Gasteiger partial charge in [0.2, 0.25) is 0 Å². The van der Waals surface area contributed by atoms with Gasteiger partial charge >= 0.3 is 23.9 Å². The second-order valence-corrected chi connectivity index (χ2v) is 7.84. The van der Waals surface area contributed by atoms with Crippen LogP contribution in [0, 0.1) is 0 Å². The molecule has 0 aromatic heterocycles. The molecule has 2 rings (SSSR count). The predicted octanol–water partition coefficient (Wildman–Crippen LogP) is 4.23. The first-order valence-electron chi connectivity index (χ1n) is 11.4. The number of carbonyl (C=O) groups is 4. The van der Waals surface area contributed by atoms with Crippen LogP contribution in [0.1, 0.15) is 44.4 Å². The molecule has 2 aromatic carbocycles. The van der Waals surface area contributed by atoms with Crippen LogP contribution < -0.4 is 18.9 Å². The normalized spacial score (nSPS) is 11.1. The summed E-state index contributed by atoms with van der Waals surface area (Å²) >= 11 is 0. The molecule has 0 radical (unpaired) electrons. The number of hydrogen-bond donors (Lipinski definition) is 0. The zero-order valence-corrected chi connectivity index (χ0v) is 22.1. The van der Waals surface area contributed by atoms with Gasteiger partial charge in [0.25, 0.3) is 0 Å². The molecule has 202 valence electrons. The molecule has 0 spiro atoms. The summed E-state index contributed by atoms with van der Waals surface area (Å²) in [7, 11) is 2.87. The minimum Gasteiger partial charge on any atom is -0.493 e. The fourth-order valence-electron chi connectivity index (χ4n) is 3.32. The fraction of sp³-hybridized carbons (Fsp3) is 0.286. The predicted molar refractivity (Wildman–Crippen MR) is 139 cm³/mol. The smallest absolute Gasteiger partial charge is 0.308 e. The Morgan fingerprint density at radius 3 is 1.89 bits per heavy atom. The Bertz CT molecular complexity index is 1260. The van der Waals surface area contributed by atoms with Crippen LogP contribution in [0.4, 0.5) is 0 Å². The largest absolute Gasteiger partial charge is 0.493 e. The average molecular weight is 527 g/mol. The van der Waals surface area contributed by atoms with Crippen LogP contribution >= 0.6 is 0 Å². The molecule has 38 heavy (non-hydrogen) atoms. The van der Waals surface area contributed by atoms with Crippen molar-refractivity contribution in [1.82, 2.24) is 0 Å². The first-order valence-corrected chi connectivity index (χ1v) is 11.4. The summed E-state index contributed by atoms with van der Waals surface area (Å²) in [5.41, 5.74) is 2.36. The van der Waals surface area contributed by atoms with Gasteiger partial charge in [0, 0.05) is 27.7 Å². The molecule has 0 amide bonds. The monoisotopic (exact) mass is 526 g/mol.